The first kappa shape index (κ1) is 13.1. The summed E-state index contributed by atoms with van der Waals surface area (Å²) in [6, 6.07) is 6.39. The second-order valence-electron chi connectivity index (χ2n) is 4.30. The lowest BCUT2D eigenvalue weighted by Gasteiger charge is -2.13. The Morgan fingerprint density at radius 3 is 2.94 bits per heavy atom. The third kappa shape index (κ3) is 3.31. The molecule has 1 N–H and O–H groups in total. The van der Waals surface area contributed by atoms with Crippen LogP contribution < -0.4 is 10.1 Å². The van der Waals surface area contributed by atoms with Crippen molar-refractivity contribution in [1.82, 2.24) is 10.3 Å². The van der Waals surface area contributed by atoms with Crippen LogP contribution in [0, 0.1) is 6.92 Å². The van der Waals surface area contributed by atoms with Crippen molar-refractivity contribution in [2.75, 3.05) is 7.11 Å². The van der Waals surface area contributed by atoms with Crippen LogP contribution in [0.5, 0.6) is 5.75 Å². The average Bonchev–Trinajstić information content (AvgIpc) is 2.89. The molecule has 0 saturated heterocycles. The van der Waals surface area contributed by atoms with E-state index in [4.69, 9.17) is 4.74 Å². The summed E-state index contributed by atoms with van der Waals surface area (Å²) in [5.41, 5.74) is 3.31. The van der Waals surface area contributed by atoms with Crippen molar-refractivity contribution in [3.05, 3.63) is 45.9 Å². The highest BCUT2D eigenvalue weighted by molar-refractivity contribution is 7.07. The molecule has 0 aromatic carbocycles. The Bertz CT molecular complexity index is 497. The molecule has 2 heterocycles. The summed E-state index contributed by atoms with van der Waals surface area (Å²) < 4.78 is 5.25. The number of rotatable bonds is 5. The van der Waals surface area contributed by atoms with Gasteiger partial charge in [0.25, 0.3) is 0 Å². The molecule has 0 spiro atoms. The average molecular weight is 262 g/mol. The van der Waals surface area contributed by atoms with Gasteiger partial charge in [0.2, 0.25) is 0 Å². The van der Waals surface area contributed by atoms with Crippen LogP contribution in [0.1, 0.15) is 29.9 Å². The minimum absolute atomic E-state index is 0.338. The van der Waals surface area contributed by atoms with Gasteiger partial charge in [-0.25, -0.2) is 0 Å². The van der Waals surface area contributed by atoms with Crippen molar-refractivity contribution in [2.24, 2.45) is 0 Å². The van der Waals surface area contributed by atoms with E-state index in [0.29, 0.717) is 6.04 Å². The van der Waals surface area contributed by atoms with E-state index in [2.05, 4.69) is 34.1 Å². The van der Waals surface area contributed by atoms with Crippen LogP contribution in [-0.4, -0.2) is 12.1 Å². The number of ether oxygens (including phenoxy) is 1. The molecule has 4 heteroatoms. The van der Waals surface area contributed by atoms with Crippen molar-refractivity contribution in [3.63, 3.8) is 0 Å². The van der Waals surface area contributed by atoms with Crippen LogP contribution in [0.25, 0.3) is 0 Å². The Morgan fingerprint density at radius 1 is 1.44 bits per heavy atom. The van der Waals surface area contributed by atoms with E-state index >= 15 is 0 Å². The number of hydrogen-bond acceptors (Lipinski definition) is 4. The fourth-order valence-electron chi connectivity index (χ4n) is 1.81. The minimum atomic E-state index is 0.338. The number of pyridine rings is 1. The molecule has 0 amide bonds. The summed E-state index contributed by atoms with van der Waals surface area (Å²) >= 11 is 1.72. The van der Waals surface area contributed by atoms with Crippen molar-refractivity contribution in [2.45, 2.75) is 26.4 Å². The van der Waals surface area contributed by atoms with Crippen LogP contribution >= 0.6 is 11.3 Å². The Hall–Kier alpha value is -1.39. The Morgan fingerprint density at radius 2 is 2.28 bits per heavy atom. The molecule has 2 aromatic heterocycles. The van der Waals surface area contributed by atoms with E-state index < -0.39 is 0 Å². The number of aryl methyl sites for hydroxylation is 1. The van der Waals surface area contributed by atoms with Gasteiger partial charge in [0.05, 0.1) is 12.8 Å². The summed E-state index contributed by atoms with van der Waals surface area (Å²) in [5.74, 6) is 0.863. The van der Waals surface area contributed by atoms with E-state index in [1.54, 1.807) is 18.4 Å². The predicted octanol–water partition coefficient (Wildman–Crippen LogP) is 3.31. The predicted molar refractivity (Wildman–Crippen MR) is 75.1 cm³/mol. The third-order valence-corrected chi connectivity index (χ3v) is 3.55. The number of thiophene rings is 1. The van der Waals surface area contributed by atoms with Gasteiger partial charge < -0.3 is 10.1 Å². The van der Waals surface area contributed by atoms with Crippen LogP contribution in [-0.2, 0) is 6.54 Å². The lowest BCUT2D eigenvalue weighted by molar-refractivity contribution is 0.412. The van der Waals surface area contributed by atoms with Gasteiger partial charge in [-0.15, -0.1) is 0 Å². The number of methoxy groups -OCH3 is 1. The maximum Gasteiger partial charge on any atom is 0.122 e. The Labute approximate surface area is 112 Å². The normalized spacial score (nSPS) is 12.4. The first-order valence-electron chi connectivity index (χ1n) is 5.96. The zero-order valence-electron chi connectivity index (χ0n) is 10.9. The van der Waals surface area contributed by atoms with Gasteiger partial charge in [-0.2, -0.15) is 11.3 Å². The van der Waals surface area contributed by atoms with Crippen molar-refractivity contribution >= 4 is 11.3 Å². The topological polar surface area (TPSA) is 34.1 Å². The van der Waals surface area contributed by atoms with E-state index in [1.807, 2.05) is 19.1 Å². The largest absolute Gasteiger partial charge is 0.497 e. The first-order chi connectivity index (χ1) is 8.69. The fraction of sp³-hybridized carbons (Fsp3) is 0.357. The second kappa shape index (κ2) is 5.98. The van der Waals surface area contributed by atoms with Gasteiger partial charge in [0, 0.05) is 30.4 Å². The monoisotopic (exact) mass is 262 g/mol. The molecule has 2 aromatic rings. The minimum Gasteiger partial charge on any atom is -0.497 e. The Kier molecular flexibility index (Phi) is 4.33. The van der Waals surface area contributed by atoms with Crippen LogP contribution in [0.15, 0.2) is 29.0 Å². The molecular weight excluding hydrogens is 244 g/mol. The highest BCUT2D eigenvalue weighted by atomic mass is 32.1. The molecule has 2 rings (SSSR count). The fourth-order valence-corrected chi connectivity index (χ4v) is 2.56. The van der Waals surface area contributed by atoms with E-state index in [9.17, 15) is 0 Å². The molecule has 1 atom stereocenters. The second-order valence-corrected chi connectivity index (χ2v) is 5.08. The summed E-state index contributed by atoms with van der Waals surface area (Å²) in [6.07, 6.45) is 0. The lowest BCUT2D eigenvalue weighted by Crippen LogP contribution is -2.18. The van der Waals surface area contributed by atoms with Gasteiger partial charge in [-0.3, -0.25) is 4.98 Å². The first-order valence-corrected chi connectivity index (χ1v) is 6.90. The molecule has 0 aliphatic heterocycles. The molecule has 0 aliphatic rings. The van der Waals surface area contributed by atoms with Crippen LogP contribution in [0.3, 0.4) is 0 Å². The zero-order valence-corrected chi connectivity index (χ0v) is 11.8. The summed E-state index contributed by atoms with van der Waals surface area (Å²) in [4.78, 5) is 4.50. The summed E-state index contributed by atoms with van der Waals surface area (Å²) in [5, 5.41) is 7.74. The summed E-state index contributed by atoms with van der Waals surface area (Å²) in [7, 11) is 1.68. The number of aromatic nitrogens is 1. The molecule has 1 unspecified atom stereocenters. The molecule has 0 bridgehead atoms. The molecule has 0 radical (unpaired) electrons. The lowest BCUT2D eigenvalue weighted by atomic mass is 10.2. The van der Waals surface area contributed by atoms with Gasteiger partial charge in [0.1, 0.15) is 5.75 Å². The maximum atomic E-state index is 5.25. The van der Waals surface area contributed by atoms with Gasteiger partial charge in [0.15, 0.2) is 0 Å². The van der Waals surface area contributed by atoms with E-state index in [-0.39, 0.29) is 0 Å². The standard InChI is InChI=1S/C14H18N2OS/c1-10-6-14(17-3)7-13(16-10)8-15-11(2)12-4-5-18-9-12/h4-7,9,11,15H,8H2,1-3H3. The SMILES string of the molecule is COc1cc(C)nc(CNC(C)c2ccsc2)c1. The third-order valence-electron chi connectivity index (χ3n) is 2.85. The van der Waals surface area contributed by atoms with Crippen LogP contribution in [0.4, 0.5) is 0 Å². The van der Waals surface area contributed by atoms with Crippen molar-refractivity contribution < 1.29 is 4.74 Å². The quantitative estimate of drug-likeness (QED) is 0.897. The highest BCUT2D eigenvalue weighted by Gasteiger charge is 2.06. The van der Waals surface area contributed by atoms with Gasteiger partial charge in [-0.05, 0) is 36.2 Å². The maximum absolute atomic E-state index is 5.25. The van der Waals surface area contributed by atoms with E-state index in [0.717, 1.165) is 23.7 Å². The molecule has 3 nitrogen and oxygen atoms in total. The van der Waals surface area contributed by atoms with E-state index in [1.165, 1.54) is 5.56 Å². The highest BCUT2D eigenvalue weighted by Crippen LogP contribution is 2.17. The molecule has 0 fully saturated rings. The van der Waals surface area contributed by atoms with Crippen LogP contribution in [0.2, 0.25) is 0 Å². The number of nitrogens with one attached hydrogen (secondary N) is 1. The summed E-state index contributed by atoms with van der Waals surface area (Å²) in [6.45, 7) is 4.89. The number of nitrogens with zero attached hydrogens (tertiary/aromatic N) is 1. The number of hydrogen-bond donors (Lipinski definition) is 1. The molecule has 18 heavy (non-hydrogen) atoms. The smallest absolute Gasteiger partial charge is 0.122 e. The van der Waals surface area contributed by atoms with Crippen molar-refractivity contribution in [1.29, 1.82) is 0 Å². The molecule has 96 valence electrons. The van der Waals surface area contributed by atoms with Gasteiger partial charge in [-0.1, -0.05) is 0 Å². The Balaban J connectivity index is 1.99. The van der Waals surface area contributed by atoms with Gasteiger partial charge >= 0.3 is 0 Å². The molecule has 0 saturated carbocycles. The van der Waals surface area contributed by atoms with Crippen molar-refractivity contribution in [3.8, 4) is 5.75 Å². The molecule has 0 aliphatic carbocycles. The molecular formula is C14H18N2OS. The zero-order chi connectivity index (χ0) is 13.0.